The molecule has 7 aromatic rings. The second kappa shape index (κ2) is 9.83. The maximum Gasteiger partial charge on any atom is 0.124 e. The molecule has 0 bridgehead atoms. The fourth-order valence-electron chi connectivity index (χ4n) is 5.86. The molecule has 0 aliphatic rings. The number of H-pyrrole nitrogens is 1. The molecule has 41 heavy (non-hydrogen) atoms. The summed E-state index contributed by atoms with van der Waals surface area (Å²) >= 11 is 0. The molecule has 198 valence electrons. The standard InChI is InChI=1S/C37H26F2N2/c1-22-14-23(2)31(33-19-29(39)20-34-32-18-28(38)11-12-36(32)41-37(33)34)21-30(22)26-15-25(24-8-4-3-5-9-24)16-27(17-26)35-10-6-7-13-40-35/h3-21,41H,1-2H3. The summed E-state index contributed by atoms with van der Waals surface area (Å²) in [6.07, 6.45) is 1.81. The number of aryl methyl sites for hydroxylation is 2. The van der Waals surface area contributed by atoms with Gasteiger partial charge in [0, 0.05) is 33.6 Å². The van der Waals surface area contributed by atoms with Gasteiger partial charge in [-0.15, -0.1) is 0 Å². The first kappa shape index (κ1) is 24.9. The summed E-state index contributed by atoms with van der Waals surface area (Å²) in [5, 5.41) is 1.33. The maximum absolute atomic E-state index is 15.1. The maximum atomic E-state index is 15.1. The van der Waals surface area contributed by atoms with Gasteiger partial charge in [-0.3, -0.25) is 4.98 Å². The Morgan fingerprint density at radius 3 is 2.07 bits per heavy atom. The van der Waals surface area contributed by atoms with Crippen LogP contribution in [0.25, 0.3) is 66.4 Å². The lowest BCUT2D eigenvalue weighted by Gasteiger charge is -2.16. The molecule has 0 atom stereocenters. The number of rotatable bonds is 4. The van der Waals surface area contributed by atoms with Crippen LogP contribution < -0.4 is 0 Å². The highest BCUT2D eigenvalue weighted by Crippen LogP contribution is 2.40. The van der Waals surface area contributed by atoms with Gasteiger partial charge in [0.2, 0.25) is 0 Å². The van der Waals surface area contributed by atoms with Crippen LogP contribution in [0.1, 0.15) is 11.1 Å². The van der Waals surface area contributed by atoms with E-state index < -0.39 is 0 Å². The van der Waals surface area contributed by atoms with Gasteiger partial charge in [-0.1, -0.05) is 42.5 Å². The van der Waals surface area contributed by atoms with Gasteiger partial charge < -0.3 is 4.98 Å². The van der Waals surface area contributed by atoms with Crippen molar-refractivity contribution < 1.29 is 8.78 Å². The Morgan fingerprint density at radius 1 is 0.537 bits per heavy atom. The van der Waals surface area contributed by atoms with Gasteiger partial charge >= 0.3 is 0 Å². The van der Waals surface area contributed by atoms with Crippen molar-refractivity contribution >= 4 is 21.8 Å². The molecule has 0 radical (unpaired) electrons. The van der Waals surface area contributed by atoms with Crippen molar-refractivity contribution in [2.75, 3.05) is 0 Å². The van der Waals surface area contributed by atoms with Gasteiger partial charge in [0.05, 0.1) is 11.2 Å². The minimum atomic E-state index is -0.359. The summed E-state index contributed by atoms with van der Waals surface area (Å²) in [5.41, 5.74) is 11.6. The Labute approximate surface area is 237 Å². The van der Waals surface area contributed by atoms with Crippen LogP contribution in [-0.2, 0) is 0 Å². The van der Waals surface area contributed by atoms with Crippen molar-refractivity contribution in [3.8, 4) is 44.6 Å². The minimum Gasteiger partial charge on any atom is -0.354 e. The van der Waals surface area contributed by atoms with Crippen LogP contribution in [0.3, 0.4) is 0 Å². The molecule has 0 aliphatic heterocycles. The van der Waals surface area contributed by atoms with Crippen molar-refractivity contribution in [3.05, 3.63) is 138 Å². The fourth-order valence-corrected chi connectivity index (χ4v) is 5.86. The van der Waals surface area contributed by atoms with E-state index in [-0.39, 0.29) is 11.6 Å². The van der Waals surface area contributed by atoms with E-state index in [9.17, 15) is 4.39 Å². The molecular formula is C37H26F2N2. The van der Waals surface area contributed by atoms with Crippen LogP contribution in [0.2, 0.25) is 0 Å². The molecule has 2 heterocycles. The number of aromatic amines is 1. The molecule has 0 amide bonds. The van der Waals surface area contributed by atoms with E-state index in [2.05, 4.69) is 59.4 Å². The fraction of sp³-hybridized carbons (Fsp3) is 0.0541. The van der Waals surface area contributed by atoms with Gasteiger partial charge in [0.15, 0.2) is 0 Å². The molecule has 0 spiro atoms. The van der Waals surface area contributed by atoms with Crippen molar-refractivity contribution in [2.45, 2.75) is 13.8 Å². The Bertz CT molecular complexity index is 2020. The van der Waals surface area contributed by atoms with Crippen LogP contribution in [-0.4, -0.2) is 9.97 Å². The normalized spacial score (nSPS) is 11.4. The highest BCUT2D eigenvalue weighted by Gasteiger charge is 2.17. The highest BCUT2D eigenvalue weighted by atomic mass is 19.1. The van der Waals surface area contributed by atoms with E-state index in [4.69, 9.17) is 0 Å². The largest absolute Gasteiger partial charge is 0.354 e. The summed E-state index contributed by atoms with van der Waals surface area (Å²) in [7, 11) is 0. The topological polar surface area (TPSA) is 28.7 Å². The average molecular weight is 537 g/mol. The SMILES string of the molecule is Cc1cc(C)c(-c2cc(F)cc3c2[nH]c2ccc(F)cc23)cc1-c1cc(-c2ccccc2)cc(-c2ccccn2)c1. The minimum absolute atomic E-state index is 0.347. The van der Waals surface area contributed by atoms with Gasteiger partial charge in [-0.2, -0.15) is 0 Å². The Kier molecular flexibility index (Phi) is 5.97. The first-order valence-corrected chi connectivity index (χ1v) is 13.6. The third kappa shape index (κ3) is 4.48. The van der Waals surface area contributed by atoms with Crippen molar-refractivity contribution in [3.63, 3.8) is 0 Å². The van der Waals surface area contributed by atoms with Crippen molar-refractivity contribution in [1.82, 2.24) is 9.97 Å². The number of halogens is 2. The lowest BCUT2D eigenvalue weighted by Crippen LogP contribution is -1.93. The number of nitrogens with zero attached hydrogens (tertiary/aromatic N) is 1. The summed E-state index contributed by atoms with van der Waals surface area (Å²) in [6.45, 7) is 4.15. The molecule has 0 aliphatic carbocycles. The first-order chi connectivity index (χ1) is 19.9. The number of nitrogens with one attached hydrogen (secondary N) is 1. The molecule has 5 aromatic carbocycles. The molecule has 4 heteroatoms. The zero-order valence-electron chi connectivity index (χ0n) is 22.7. The molecule has 7 rings (SSSR count). The number of aromatic nitrogens is 2. The zero-order chi connectivity index (χ0) is 28.1. The zero-order valence-corrected chi connectivity index (χ0v) is 22.7. The van der Waals surface area contributed by atoms with E-state index in [0.29, 0.717) is 10.8 Å². The summed E-state index contributed by atoms with van der Waals surface area (Å²) in [4.78, 5) is 8.04. The van der Waals surface area contributed by atoms with Crippen LogP contribution in [0.15, 0.2) is 115 Å². The molecule has 2 nitrogen and oxygen atoms in total. The van der Waals surface area contributed by atoms with Crippen LogP contribution in [0, 0.1) is 25.5 Å². The molecule has 2 aromatic heterocycles. The lowest BCUT2D eigenvalue weighted by molar-refractivity contribution is 0.628. The lowest BCUT2D eigenvalue weighted by atomic mass is 9.88. The third-order valence-corrected chi connectivity index (χ3v) is 7.81. The monoisotopic (exact) mass is 536 g/mol. The van der Waals surface area contributed by atoms with Crippen LogP contribution >= 0.6 is 0 Å². The Hall–Kier alpha value is -5.09. The quantitative estimate of drug-likeness (QED) is 0.238. The van der Waals surface area contributed by atoms with E-state index in [0.717, 1.165) is 66.8 Å². The third-order valence-electron chi connectivity index (χ3n) is 7.81. The van der Waals surface area contributed by atoms with E-state index >= 15 is 4.39 Å². The number of benzene rings is 5. The molecule has 0 saturated carbocycles. The van der Waals surface area contributed by atoms with Crippen LogP contribution in [0.5, 0.6) is 0 Å². The second-order valence-corrected chi connectivity index (χ2v) is 10.6. The molecular weight excluding hydrogens is 510 g/mol. The smallest absolute Gasteiger partial charge is 0.124 e. The van der Waals surface area contributed by atoms with Gasteiger partial charge in [-0.05, 0) is 120 Å². The average Bonchev–Trinajstić information content (AvgIpc) is 3.35. The van der Waals surface area contributed by atoms with Crippen molar-refractivity contribution in [1.29, 1.82) is 0 Å². The second-order valence-electron chi connectivity index (χ2n) is 10.6. The summed E-state index contributed by atoms with van der Waals surface area (Å²) in [5.74, 6) is -0.706. The van der Waals surface area contributed by atoms with Crippen molar-refractivity contribution in [2.24, 2.45) is 0 Å². The van der Waals surface area contributed by atoms with Gasteiger partial charge in [0.1, 0.15) is 11.6 Å². The molecule has 0 fully saturated rings. The van der Waals surface area contributed by atoms with E-state index in [1.807, 2.05) is 43.3 Å². The van der Waals surface area contributed by atoms with Gasteiger partial charge in [0.25, 0.3) is 0 Å². The van der Waals surface area contributed by atoms with Gasteiger partial charge in [-0.25, -0.2) is 8.78 Å². The predicted molar refractivity (Wildman–Crippen MR) is 165 cm³/mol. The number of fused-ring (bicyclic) bond motifs is 3. The van der Waals surface area contributed by atoms with E-state index in [1.54, 1.807) is 18.3 Å². The Morgan fingerprint density at radius 2 is 1.27 bits per heavy atom. The predicted octanol–water partition coefficient (Wildman–Crippen LogP) is 10.3. The molecule has 1 N–H and O–H groups in total. The number of pyridine rings is 1. The number of hydrogen-bond donors (Lipinski definition) is 1. The van der Waals surface area contributed by atoms with Crippen LogP contribution in [0.4, 0.5) is 8.78 Å². The first-order valence-electron chi connectivity index (χ1n) is 13.6. The Balaban J connectivity index is 1.47. The molecule has 0 saturated heterocycles. The highest BCUT2D eigenvalue weighted by molar-refractivity contribution is 6.12. The summed E-state index contributed by atoms with van der Waals surface area (Å²) in [6, 6.07) is 34.7. The number of hydrogen-bond acceptors (Lipinski definition) is 1. The molecule has 0 unspecified atom stereocenters. The summed E-state index contributed by atoms with van der Waals surface area (Å²) < 4.78 is 29.2. The van der Waals surface area contributed by atoms with E-state index in [1.165, 1.54) is 18.2 Å².